The summed E-state index contributed by atoms with van der Waals surface area (Å²) < 4.78 is 34.9. The van der Waals surface area contributed by atoms with Gasteiger partial charge in [0.25, 0.3) is 10.0 Å². The first-order valence-electron chi connectivity index (χ1n) is 4.82. The number of sulfonamides is 1. The number of carbonyl (C=O) groups excluding carboxylic acids is 1. The molecule has 17 heavy (non-hydrogen) atoms. The van der Waals surface area contributed by atoms with E-state index < -0.39 is 16.0 Å². The molecule has 0 radical (unpaired) electrons. The van der Waals surface area contributed by atoms with Crippen molar-refractivity contribution in [2.75, 3.05) is 27.2 Å². The summed E-state index contributed by atoms with van der Waals surface area (Å²) in [5, 5.41) is 2.48. The molecular weight excluding hydrogens is 248 g/mol. The lowest BCUT2D eigenvalue weighted by Crippen LogP contribution is -2.30. The van der Waals surface area contributed by atoms with Crippen LogP contribution in [0.4, 0.5) is 0 Å². The molecule has 0 aromatic carbocycles. The normalized spacial score (nSPS) is 11.4. The highest BCUT2D eigenvalue weighted by molar-refractivity contribution is 7.89. The summed E-state index contributed by atoms with van der Waals surface area (Å²) in [4.78, 5) is 11.1. The van der Waals surface area contributed by atoms with E-state index in [2.05, 4.69) is 14.8 Å². The van der Waals surface area contributed by atoms with Crippen LogP contribution in [-0.2, 0) is 14.8 Å². The fourth-order valence-corrected chi connectivity index (χ4v) is 2.03. The molecule has 0 aliphatic heterocycles. The SMILES string of the molecule is CNCCNS(=O)(=O)c1cc(C(=O)OC)co1. The number of nitrogens with one attached hydrogen (secondary N) is 2. The van der Waals surface area contributed by atoms with Crippen molar-refractivity contribution in [1.82, 2.24) is 10.0 Å². The van der Waals surface area contributed by atoms with Gasteiger partial charge in [0, 0.05) is 19.2 Å². The number of ether oxygens (including phenoxy) is 1. The van der Waals surface area contributed by atoms with E-state index in [1.807, 2.05) is 0 Å². The van der Waals surface area contributed by atoms with E-state index in [1.165, 1.54) is 7.11 Å². The molecule has 0 bridgehead atoms. The van der Waals surface area contributed by atoms with Gasteiger partial charge in [-0.15, -0.1) is 0 Å². The third kappa shape index (κ3) is 3.55. The lowest BCUT2D eigenvalue weighted by atomic mass is 10.3. The molecule has 0 aliphatic carbocycles. The Kier molecular flexibility index (Phi) is 4.67. The molecule has 96 valence electrons. The molecule has 0 fully saturated rings. The van der Waals surface area contributed by atoms with Gasteiger partial charge in [0.2, 0.25) is 5.09 Å². The van der Waals surface area contributed by atoms with Crippen molar-refractivity contribution in [1.29, 1.82) is 0 Å². The molecule has 1 rings (SSSR count). The summed E-state index contributed by atoms with van der Waals surface area (Å²) in [6, 6.07) is 1.12. The van der Waals surface area contributed by atoms with E-state index in [0.29, 0.717) is 6.54 Å². The quantitative estimate of drug-likeness (QED) is 0.533. The number of hydrogen-bond acceptors (Lipinski definition) is 6. The highest BCUT2D eigenvalue weighted by atomic mass is 32.2. The largest absolute Gasteiger partial charge is 0.465 e. The lowest BCUT2D eigenvalue weighted by molar-refractivity contribution is 0.0600. The molecule has 0 atom stereocenters. The van der Waals surface area contributed by atoms with Crippen LogP contribution in [0.5, 0.6) is 0 Å². The van der Waals surface area contributed by atoms with Crippen LogP contribution in [0.15, 0.2) is 21.8 Å². The van der Waals surface area contributed by atoms with Crippen LogP contribution >= 0.6 is 0 Å². The van der Waals surface area contributed by atoms with Crippen LogP contribution in [0, 0.1) is 0 Å². The van der Waals surface area contributed by atoms with Crippen LogP contribution in [-0.4, -0.2) is 41.6 Å². The van der Waals surface area contributed by atoms with Crippen LogP contribution in [0.2, 0.25) is 0 Å². The molecule has 0 unspecified atom stereocenters. The van der Waals surface area contributed by atoms with E-state index in [-0.39, 0.29) is 17.2 Å². The van der Waals surface area contributed by atoms with Crippen LogP contribution in [0.3, 0.4) is 0 Å². The zero-order chi connectivity index (χ0) is 12.9. The Morgan fingerprint density at radius 2 is 2.18 bits per heavy atom. The van der Waals surface area contributed by atoms with Gasteiger partial charge in [-0.25, -0.2) is 17.9 Å². The number of carbonyl (C=O) groups is 1. The Bertz CT molecular complexity index is 479. The minimum Gasteiger partial charge on any atom is -0.465 e. The molecule has 7 nitrogen and oxygen atoms in total. The fraction of sp³-hybridized carbons (Fsp3) is 0.444. The Balaban J connectivity index is 2.78. The van der Waals surface area contributed by atoms with Gasteiger partial charge in [-0.1, -0.05) is 0 Å². The predicted molar refractivity (Wildman–Crippen MR) is 59.2 cm³/mol. The third-order valence-electron chi connectivity index (χ3n) is 1.93. The van der Waals surface area contributed by atoms with Gasteiger partial charge >= 0.3 is 5.97 Å². The Labute approximate surface area is 99.2 Å². The Morgan fingerprint density at radius 3 is 2.76 bits per heavy atom. The highest BCUT2D eigenvalue weighted by Gasteiger charge is 2.20. The summed E-state index contributed by atoms with van der Waals surface area (Å²) >= 11 is 0. The molecule has 0 saturated carbocycles. The topological polar surface area (TPSA) is 97.6 Å². The molecule has 1 aromatic heterocycles. The van der Waals surface area contributed by atoms with Crippen molar-refractivity contribution in [2.45, 2.75) is 5.09 Å². The summed E-state index contributed by atoms with van der Waals surface area (Å²) in [6.07, 6.45) is 1.04. The first-order chi connectivity index (χ1) is 8.01. The van der Waals surface area contributed by atoms with E-state index in [4.69, 9.17) is 4.42 Å². The molecule has 2 N–H and O–H groups in total. The second-order valence-corrected chi connectivity index (χ2v) is 4.85. The minimum atomic E-state index is -3.72. The van der Waals surface area contributed by atoms with Gasteiger partial charge in [-0.3, -0.25) is 0 Å². The minimum absolute atomic E-state index is 0.0569. The van der Waals surface area contributed by atoms with Gasteiger partial charge in [-0.05, 0) is 7.05 Å². The van der Waals surface area contributed by atoms with Crippen molar-refractivity contribution >= 4 is 16.0 Å². The molecular formula is C9H14N2O5S. The number of likely N-dealkylation sites (N-methyl/N-ethyl adjacent to an activating group) is 1. The molecule has 0 saturated heterocycles. The summed E-state index contributed by atoms with van der Waals surface area (Å²) in [7, 11) is -0.810. The second kappa shape index (κ2) is 5.80. The molecule has 0 amide bonds. The van der Waals surface area contributed by atoms with Crippen molar-refractivity contribution in [3.63, 3.8) is 0 Å². The predicted octanol–water partition coefficient (Wildman–Crippen LogP) is -0.436. The molecule has 1 heterocycles. The fourth-order valence-electron chi connectivity index (χ4n) is 1.06. The van der Waals surface area contributed by atoms with Gasteiger partial charge in [0.1, 0.15) is 6.26 Å². The van der Waals surface area contributed by atoms with Gasteiger partial charge in [0.15, 0.2) is 0 Å². The Hall–Kier alpha value is -1.38. The zero-order valence-corrected chi connectivity index (χ0v) is 10.3. The first kappa shape index (κ1) is 13.7. The molecule has 8 heteroatoms. The van der Waals surface area contributed by atoms with Crippen LogP contribution in [0.1, 0.15) is 10.4 Å². The average molecular weight is 262 g/mol. The maximum Gasteiger partial charge on any atom is 0.341 e. The first-order valence-corrected chi connectivity index (χ1v) is 6.30. The number of esters is 1. The maximum atomic E-state index is 11.6. The van der Waals surface area contributed by atoms with Gasteiger partial charge in [-0.2, -0.15) is 0 Å². The standard InChI is InChI=1S/C9H14N2O5S/c1-10-3-4-11-17(13,14)8-5-7(6-16-8)9(12)15-2/h5-6,10-11H,3-4H2,1-2H3. The maximum absolute atomic E-state index is 11.6. The van der Waals surface area contributed by atoms with Crippen molar-refractivity contribution in [3.8, 4) is 0 Å². The van der Waals surface area contributed by atoms with Crippen molar-refractivity contribution < 1.29 is 22.4 Å². The van der Waals surface area contributed by atoms with Gasteiger partial charge < -0.3 is 14.5 Å². The number of methoxy groups -OCH3 is 1. The number of furan rings is 1. The monoisotopic (exact) mass is 262 g/mol. The molecule has 1 aromatic rings. The summed E-state index contributed by atoms with van der Waals surface area (Å²) in [6.45, 7) is 0.719. The van der Waals surface area contributed by atoms with E-state index in [1.54, 1.807) is 7.05 Å². The van der Waals surface area contributed by atoms with Crippen molar-refractivity contribution in [3.05, 3.63) is 17.9 Å². The Morgan fingerprint density at radius 1 is 1.47 bits per heavy atom. The van der Waals surface area contributed by atoms with E-state index in [0.717, 1.165) is 12.3 Å². The van der Waals surface area contributed by atoms with Crippen LogP contribution in [0.25, 0.3) is 0 Å². The number of hydrogen-bond donors (Lipinski definition) is 2. The van der Waals surface area contributed by atoms with Crippen molar-refractivity contribution in [2.24, 2.45) is 0 Å². The summed E-state index contributed by atoms with van der Waals surface area (Å²) in [5.74, 6) is -0.648. The summed E-state index contributed by atoms with van der Waals surface area (Å²) in [5.41, 5.74) is 0.0569. The lowest BCUT2D eigenvalue weighted by Gasteiger charge is -2.02. The second-order valence-electron chi connectivity index (χ2n) is 3.15. The highest BCUT2D eigenvalue weighted by Crippen LogP contribution is 2.14. The average Bonchev–Trinajstić information content (AvgIpc) is 2.78. The zero-order valence-electron chi connectivity index (χ0n) is 9.52. The molecule has 0 aliphatic rings. The van der Waals surface area contributed by atoms with Crippen LogP contribution < -0.4 is 10.0 Å². The van der Waals surface area contributed by atoms with Gasteiger partial charge in [0.05, 0.1) is 12.7 Å². The third-order valence-corrected chi connectivity index (χ3v) is 3.26. The van der Waals surface area contributed by atoms with E-state index >= 15 is 0 Å². The smallest absolute Gasteiger partial charge is 0.341 e. The number of rotatable bonds is 6. The van der Waals surface area contributed by atoms with E-state index in [9.17, 15) is 13.2 Å². The molecule has 0 spiro atoms.